The highest BCUT2D eigenvalue weighted by molar-refractivity contribution is 5.30. The fraction of sp³-hybridized carbons (Fsp3) is 0.577. The van der Waals surface area contributed by atoms with E-state index in [9.17, 15) is 0 Å². The lowest BCUT2D eigenvalue weighted by molar-refractivity contribution is 0.0687. The summed E-state index contributed by atoms with van der Waals surface area (Å²) < 4.78 is 0. The Labute approximate surface area is 175 Å². The van der Waals surface area contributed by atoms with E-state index in [1.54, 1.807) is 0 Å². The van der Waals surface area contributed by atoms with Crippen LogP contribution in [0.3, 0.4) is 0 Å². The molecule has 3 aliphatic rings. The summed E-state index contributed by atoms with van der Waals surface area (Å²) in [6.45, 7) is 4.58. The second-order valence-electron chi connectivity index (χ2n) is 9.62. The number of nitrogens with one attached hydrogen (secondary N) is 1. The van der Waals surface area contributed by atoms with Gasteiger partial charge in [0, 0.05) is 31.4 Å². The number of pyridine rings is 1. The standard InChI is InChI=1S/C26H35N3/c1-19-11-13-24(14-12-19)29(25-10-4-8-20-9-5-15-27-26(20)25)18-23-16-21-6-2-3-7-22(21)17-28-23/h2-3,5-7,9,15,19,23-25,28H,4,8,10-14,16-18H2,1H3/t19?,23-,24?,25+/m1/s1. The average molecular weight is 390 g/mol. The van der Waals surface area contributed by atoms with E-state index in [0.29, 0.717) is 18.1 Å². The lowest BCUT2D eigenvalue weighted by Crippen LogP contribution is -2.50. The number of hydrogen-bond donors (Lipinski definition) is 1. The van der Waals surface area contributed by atoms with Crippen LogP contribution in [-0.2, 0) is 19.4 Å². The van der Waals surface area contributed by atoms with Crippen molar-refractivity contribution in [2.24, 2.45) is 5.92 Å². The van der Waals surface area contributed by atoms with Gasteiger partial charge in [-0.15, -0.1) is 0 Å². The Kier molecular flexibility index (Phi) is 5.69. The van der Waals surface area contributed by atoms with Crippen molar-refractivity contribution in [1.29, 1.82) is 0 Å². The van der Waals surface area contributed by atoms with Gasteiger partial charge in [0.15, 0.2) is 0 Å². The molecule has 2 atom stereocenters. The van der Waals surface area contributed by atoms with E-state index in [4.69, 9.17) is 4.98 Å². The second kappa shape index (κ2) is 8.57. The number of aromatic nitrogens is 1. The quantitative estimate of drug-likeness (QED) is 0.793. The Hall–Kier alpha value is -1.71. The van der Waals surface area contributed by atoms with Crippen LogP contribution in [0.2, 0.25) is 0 Å². The number of nitrogens with zero attached hydrogens (tertiary/aromatic N) is 2. The second-order valence-corrected chi connectivity index (χ2v) is 9.62. The minimum absolute atomic E-state index is 0.498. The van der Waals surface area contributed by atoms with Gasteiger partial charge in [0.25, 0.3) is 0 Å². The van der Waals surface area contributed by atoms with E-state index in [-0.39, 0.29) is 0 Å². The lowest BCUT2D eigenvalue weighted by Gasteiger charge is -2.44. The van der Waals surface area contributed by atoms with Crippen molar-refractivity contribution < 1.29 is 0 Å². The molecule has 1 aromatic heterocycles. The van der Waals surface area contributed by atoms with Crippen LogP contribution in [0.25, 0.3) is 0 Å². The maximum absolute atomic E-state index is 4.90. The fourth-order valence-electron chi connectivity index (χ4n) is 5.92. The minimum Gasteiger partial charge on any atom is -0.308 e. The van der Waals surface area contributed by atoms with Gasteiger partial charge in [-0.3, -0.25) is 9.88 Å². The van der Waals surface area contributed by atoms with Crippen LogP contribution in [0.1, 0.15) is 73.9 Å². The summed E-state index contributed by atoms with van der Waals surface area (Å²) >= 11 is 0. The first-order valence-electron chi connectivity index (χ1n) is 11.8. The van der Waals surface area contributed by atoms with Crippen molar-refractivity contribution in [2.75, 3.05) is 6.54 Å². The third-order valence-corrected chi connectivity index (χ3v) is 7.62. The number of aryl methyl sites for hydroxylation is 1. The van der Waals surface area contributed by atoms with Gasteiger partial charge in [-0.1, -0.05) is 37.3 Å². The summed E-state index contributed by atoms with van der Waals surface area (Å²) in [6.07, 6.45) is 12.4. The van der Waals surface area contributed by atoms with Crippen molar-refractivity contribution in [2.45, 2.75) is 83.0 Å². The molecular weight excluding hydrogens is 354 g/mol. The van der Waals surface area contributed by atoms with Crippen LogP contribution in [-0.4, -0.2) is 28.5 Å². The first-order valence-corrected chi connectivity index (χ1v) is 11.8. The Morgan fingerprint density at radius 3 is 2.62 bits per heavy atom. The zero-order chi connectivity index (χ0) is 19.6. The van der Waals surface area contributed by atoms with Gasteiger partial charge in [0.2, 0.25) is 0 Å². The monoisotopic (exact) mass is 389 g/mol. The van der Waals surface area contributed by atoms with E-state index < -0.39 is 0 Å². The summed E-state index contributed by atoms with van der Waals surface area (Å²) in [5.41, 5.74) is 5.87. The molecule has 5 rings (SSSR count). The molecule has 154 valence electrons. The minimum atomic E-state index is 0.498. The molecule has 0 unspecified atom stereocenters. The first-order chi connectivity index (χ1) is 14.3. The van der Waals surface area contributed by atoms with Crippen LogP contribution in [0.5, 0.6) is 0 Å². The SMILES string of the molecule is CC1CCC(N(C[C@H]2Cc3ccccc3CN2)[C@H]2CCCc3cccnc32)CC1. The zero-order valence-electron chi connectivity index (χ0n) is 17.8. The summed E-state index contributed by atoms with van der Waals surface area (Å²) in [5.74, 6) is 0.893. The molecule has 0 saturated heterocycles. The molecule has 1 aromatic carbocycles. The van der Waals surface area contributed by atoms with E-state index in [1.165, 1.54) is 67.3 Å². The molecule has 2 aromatic rings. The van der Waals surface area contributed by atoms with Crippen molar-refractivity contribution in [1.82, 2.24) is 15.2 Å². The number of benzene rings is 1. The summed E-state index contributed by atoms with van der Waals surface area (Å²) in [4.78, 5) is 7.78. The lowest BCUT2D eigenvalue weighted by atomic mass is 9.83. The predicted octanol–water partition coefficient (Wildman–Crippen LogP) is 5.05. The molecule has 0 spiro atoms. The van der Waals surface area contributed by atoms with Gasteiger partial charge in [-0.2, -0.15) is 0 Å². The van der Waals surface area contributed by atoms with E-state index >= 15 is 0 Å². The van der Waals surface area contributed by atoms with Crippen LogP contribution in [0, 0.1) is 5.92 Å². The highest BCUT2D eigenvalue weighted by atomic mass is 15.2. The smallest absolute Gasteiger partial charge is 0.0607 e. The third-order valence-electron chi connectivity index (χ3n) is 7.62. The van der Waals surface area contributed by atoms with E-state index in [2.05, 4.69) is 53.5 Å². The molecule has 1 N–H and O–H groups in total. The van der Waals surface area contributed by atoms with Gasteiger partial charge < -0.3 is 5.32 Å². The van der Waals surface area contributed by atoms with Gasteiger partial charge in [0.05, 0.1) is 11.7 Å². The molecule has 3 heteroatoms. The van der Waals surface area contributed by atoms with Gasteiger partial charge in [0.1, 0.15) is 0 Å². The highest BCUT2D eigenvalue weighted by Gasteiger charge is 2.35. The normalized spacial score (nSPS) is 29.3. The molecule has 2 aliphatic carbocycles. The third kappa shape index (κ3) is 4.13. The summed E-state index contributed by atoms with van der Waals surface area (Å²) in [5, 5.41) is 3.85. The first kappa shape index (κ1) is 19.3. The number of hydrogen-bond acceptors (Lipinski definition) is 3. The Bertz CT molecular complexity index is 824. The van der Waals surface area contributed by atoms with Crippen molar-refractivity contribution in [3.63, 3.8) is 0 Å². The molecule has 0 amide bonds. The largest absolute Gasteiger partial charge is 0.308 e. The van der Waals surface area contributed by atoms with Crippen molar-refractivity contribution in [3.8, 4) is 0 Å². The Morgan fingerprint density at radius 2 is 1.76 bits per heavy atom. The van der Waals surface area contributed by atoms with Gasteiger partial charge >= 0.3 is 0 Å². The maximum Gasteiger partial charge on any atom is 0.0607 e. The topological polar surface area (TPSA) is 28.2 Å². The van der Waals surface area contributed by atoms with Crippen LogP contribution < -0.4 is 5.32 Å². The fourth-order valence-corrected chi connectivity index (χ4v) is 5.92. The molecule has 1 saturated carbocycles. The summed E-state index contributed by atoms with van der Waals surface area (Å²) in [7, 11) is 0. The molecule has 1 fully saturated rings. The van der Waals surface area contributed by atoms with E-state index in [0.717, 1.165) is 25.4 Å². The summed E-state index contributed by atoms with van der Waals surface area (Å²) in [6, 6.07) is 15.1. The predicted molar refractivity (Wildman–Crippen MR) is 119 cm³/mol. The molecular formula is C26H35N3. The number of fused-ring (bicyclic) bond motifs is 2. The molecule has 3 nitrogen and oxygen atoms in total. The van der Waals surface area contributed by atoms with Crippen molar-refractivity contribution in [3.05, 3.63) is 65.0 Å². The molecule has 0 radical (unpaired) electrons. The Balaban J connectivity index is 1.40. The zero-order valence-corrected chi connectivity index (χ0v) is 17.8. The molecule has 0 bridgehead atoms. The average Bonchev–Trinajstić information content (AvgIpc) is 2.78. The molecule has 1 aliphatic heterocycles. The molecule has 29 heavy (non-hydrogen) atoms. The van der Waals surface area contributed by atoms with E-state index in [1.807, 2.05) is 6.20 Å². The van der Waals surface area contributed by atoms with Crippen LogP contribution >= 0.6 is 0 Å². The number of rotatable bonds is 4. The van der Waals surface area contributed by atoms with Crippen LogP contribution in [0.15, 0.2) is 42.6 Å². The van der Waals surface area contributed by atoms with Gasteiger partial charge in [-0.05, 0) is 80.0 Å². The highest BCUT2D eigenvalue weighted by Crippen LogP contribution is 2.38. The van der Waals surface area contributed by atoms with Crippen LogP contribution in [0.4, 0.5) is 0 Å². The Morgan fingerprint density at radius 1 is 0.966 bits per heavy atom. The molecule has 2 heterocycles. The maximum atomic E-state index is 4.90. The van der Waals surface area contributed by atoms with Gasteiger partial charge in [-0.25, -0.2) is 0 Å². The van der Waals surface area contributed by atoms with Crippen molar-refractivity contribution >= 4 is 0 Å².